The normalized spacial score (nSPS) is 10.5. The highest BCUT2D eigenvalue weighted by Gasteiger charge is 2.09. The fourth-order valence-electron chi connectivity index (χ4n) is 2.15. The molecule has 116 valence electrons. The van der Waals surface area contributed by atoms with Crippen LogP contribution in [0.2, 0.25) is 0 Å². The Morgan fingerprint density at radius 2 is 2.04 bits per heavy atom. The molecule has 0 atom stereocenters. The molecular weight excluding hydrogens is 358 g/mol. The van der Waals surface area contributed by atoms with Crippen LogP contribution in [-0.4, -0.2) is 22.5 Å². The highest BCUT2D eigenvalue weighted by molar-refractivity contribution is 9.10. The number of anilines is 1. The minimum atomic E-state index is -0.235. The van der Waals surface area contributed by atoms with Crippen LogP contribution in [-0.2, 0) is 4.79 Å². The van der Waals surface area contributed by atoms with E-state index in [0.29, 0.717) is 5.88 Å². The number of ether oxygens (including phenoxy) is 1. The fraction of sp³-hybridized carbons (Fsp3) is 0.118. The molecule has 3 aromatic rings. The van der Waals surface area contributed by atoms with Crippen LogP contribution in [0.5, 0.6) is 5.88 Å². The van der Waals surface area contributed by atoms with Crippen molar-refractivity contribution in [3.05, 3.63) is 58.8 Å². The third kappa shape index (κ3) is 3.65. The monoisotopic (exact) mass is 371 g/mol. The highest BCUT2D eigenvalue weighted by atomic mass is 79.9. The maximum atomic E-state index is 12.1. The molecule has 0 fully saturated rings. The average Bonchev–Trinajstić information content (AvgIpc) is 2.55. The van der Waals surface area contributed by atoms with Gasteiger partial charge in [0.25, 0.3) is 5.91 Å². The second-order valence-electron chi connectivity index (χ2n) is 4.99. The van der Waals surface area contributed by atoms with E-state index in [9.17, 15) is 4.79 Å². The van der Waals surface area contributed by atoms with Gasteiger partial charge in [-0.2, -0.15) is 0 Å². The smallest absolute Gasteiger partial charge is 0.262 e. The second-order valence-corrected chi connectivity index (χ2v) is 5.91. The fourth-order valence-corrected chi connectivity index (χ4v) is 2.51. The van der Waals surface area contributed by atoms with Crippen LogP contribution in [0.1, 0.15) is 5.56 Å². The van der Waals surface area contributed by atoms with E-state index in [1.165, 1.54) is 6.33 Å². The van der Waals surface area contributed by atoms with Gasteiger partial charge in [-0.05, 0) is 36.8 Å². The van der Waals surface area contributed by atoms with Crippen molar-refractivity contribution in [1.29, 1.82) is 0 Å². The van der Waals surface area contributed by atoms with Gasteiger partial charge in [-0.25, -0.2) is 9.97 Å². The summed E-state index contributed by atoms with van der Waals surface area (Å²) in [6, 6.07) is 13.2. The zero-order valence-corrected chi connectivity index (χ0v) is 14.0. The number of halogens is 1. The molecular formula is C17H14BrN3O2. The Morgan fingerprint density at radius 1 is 1.22 bits per heavy atom. The van der Waals surface area contributed by atoms with Crippen LogP contribution in [0, 0.1) is 6.92 Å². The van der Waals surface area contributed by atoms with Crippen molar-refractivity contribution in [2.45, 2.75) is 6.92 Å². The molecule has 0 bridgehead atoms. The Labute approximate surface area is 141 Å². The minimum absolute atomic E-state index is 0.118. The van der Waals surface area contributed by atoms with Gasteiger partial charge in [0.1, 0.15) is 6.33 Å². The lowest BCUT2D eigenvalue weighted by Gasteiger charge is -2.10. The van der Waals surface area contributed by atoms with Crippen molar-refractivity contribution < 1.29 is 9.53 Å². The van der Waals surface area contributed by atoms with E-state index in [-0.39, 0.29) is 12.5 Å². The number of nitrogens with zero attached hydrogens (tertiary/aromatic N) is 2. The lowest BCUT2D eigenvalue weighted by molar-refractivity contribution is -0.118. The number of aryl methyl sites for hydroxylation is 1. The standard InChI is InChI=1S/C17H14BrN3O2/c1-11-4-2-3-5-14(11)21-16(22)9-23-17-13-8-12(18)6-7-15(13)19-10-20-17/h2-8,10H,9H2,1H3,(H,21,22). The second kappa shape index (κ2) is 6.75. The van der Waals surface area contributed by atoms with Crippen molar-refractivity contribution in [2.24, 2.45) is 0 Å². The molecule has 1 aromatic heterocycles. The van der Waals surface area contributed by atoms with Gasteiger partial charge in [0.15, 0.2) is 6.61 Å². The van der Waals surface area contributed by atoms with Crippen molar-refractivity contribution in [1.82, 2.24) is 9.97 Å². The summed E-state index contributed by atoms with van der Waals surface area (Å²) in [6.07, 6.45) is 1.42. The van der Waals surface area contributed by atoms with Crippen LogP contribution < -0.4 is 10.1 Å². The topological polar surface area (TPSA) is 64.1 Å². The lowest BCUT2D eigenvalue weighted by atomic mass is 10.2. The third-order valence-corrected chi connectivity index (χ3v) is 3.81. The first-order valence-corrected chi connectivity index (χ1v) is 7.81. The molecule has 0 aliphatic heterocycles. The van der Waals surface area contributed by atoms with Gasteiger partial charge in [-0.1, -0.05) is 34.1 Å². The van der Waals surface area contributed by atoms with E-state index < -0.39 is 0 Å². The largest absolute Gasteiger partial charge is 0.467 e. The molecule has 1 amide bonds. The van der Waals surface area contributed by atoms with Crippen LogP contribution in [0.15, 0.2) is 53.3 Å². The van der Waals surface area contributed by atoms with Gasteiger partial charge in [0.05, 0.1) is 10.9 Å². The summed E-state index contributed by atoms with van der Waals surface area (Å²) >= 11 is 3.41. The van der Waals surface area contributed by atoms with Gasteiger partial charge in [-0.3, -0.25) is 4.79 Å². The Kier molecular flexibility index (Phi) is 4.52. The number of amides is 1. The first kappa shape index (κ1) is 15.4. The predicted molar refractivity (Wildman–Crippen MR) is 92.5 cm³/mol. The number of aromatic nitrogens is 2. The van der Waals surface area contributed by atoms with Crippen molar-refractivity contribution >= 4 is 38.4 Å². The number of fused-ring (bicyclic) bond motifs is 1. The highest BCUT2D eigenvalue weighted by Crippen LogP contribution is 2.24. The number of para-hydroxylation sites is 1. The maximum Gasteiger partial charge on any atom is 0.262 e. The molecule has 3 rings (SSSR count). The summed E-state index contributed by atoms with van der Waals surface area (Å²) in [5.41, 5.74) is 2.53. The van der Waals surface area contributed by atoms with Gasteiger partial charge < -0.3 is 10.1 Å². The number of rotatable bonds is 4. The van der Waals surface area contributed by atoms with E-state index in [1.807, 2.05) is 49.4 Å². The first-order valence-electron chi connectivity index (χ1n) is 7.02. The number of benzene rings is 2. The number of carbonyl (C=O) groups is 1. The number of carbonyl (C=O) groups excluding carboxylic acids is 1. The predicted octanol–water partition coefficient (Wildman–Crippen LogP) is 3.72. The summed E-state index contributed by atoms with van der Waals surface area (Å²) in [4.78, 5) is 20.3. The quantitative estimate of drug-likeness (QED) is 0.758. The van der Waals surface area contributed by atoms with E-state index in [2.05, 4.69) is 31.2 Å². The molecule has 5 nitrogen and oxygen atoms in total. The SMILES string of the molecule is Cc1ccccc1NC(=O)COc1ncnc2ccc(Br)cc12. The van der Waals surface area contributed by atoms with Crippen molar-refractivity contribution in [2.75, 3.05) is 11.9 Å². The molecule has 23 heavy (non-hydrogen) atoms. The number of nitrogens with one attached hydrogen (secondary N) is 1. The Hall–Kier alpha value is -2.47. The van der Waals surface area contributed by atoms with Gasteiger partial charge in [-0.15, -0.1) is 0 Å². The average molecular weight is 372 g/mol. The van der Waals surface area contributed by atoms with Crippen molar-refractivity contribution in [3.8, 4) is 5.88 Å². The molecule has 0 unspecified atom stereocenters. The van der Waals surface area contributed by atoms with Crippen LogP contribution >= 0.6 is 15.9 Å². The number of hydrogen-bond donors (Lipinski definition) is 1. The van der Waals surface area contributed by atoms with Gasteiger partial charge in [0, 0.05) is 10.2 Å². The van der Waals surface area contributed by atoms with Crippen molar-refractivity contribution in [3.63, 3.8) is 0 Å². The summed E-state index contributed by atoms with van der Waals surface area (Å²) < 4.78 is 6.46. The Bertz CT molecular complexity index is 867. The van der Waals surface area contributed by atoms with Crippen LogP contribution in [0.4, 0.5) is 5.69 Å². The maximum absolute atomic E-state index is 12.1. The molecule has 1 N–H and O–H groups in total. The molecule has 0 spiro atoms. The molecule has 1 heterocycles. The van der Waals surface area contributed by atoms with Gasteiger partial charge >= 0.3 is 0 Å². The molecule has 0 radical (unpaired) electrons. The van der Waals surface area contributed by atoms with E-state index in [4.69, 9.17) is 4.74 Å². The molecule has 6 heteroatoms. The molecule has 0 aliphatic carbocycles. The summed E-state index contributed by atoms with van der Waals surface area (Å²) in [5, 5.41) is 3.58. The number of hydrogen-bond acceptors (Lipinski definition) is 4. The van der Waals surface area contributed by atoms with Crippen LogP contribution in [0.3, 0.4) is 0 Å². The summed E-state index contributed by atoms with van der Waals surface area (Å²) in [5.74, 6) is 0.150. The molecule has 0 saturated heterocycles. The lowest BCUT2D eigenvalue weighted by Crippen LogP contribution is -2.21. The van der Waals surface area contributed by atoms with E-state index in [0.717, 1.165) is 26.6 Å². The zero-order chi connectivity index (χ0) is 16.2. The van der Waals surface area contributed by atoms with E-state index in [1.54, 1.807) is 0 Å². The third-order valence-electron chi connectivity index (χ3n) is 3.32. The molecule has 2 aromatic carbocycles. The van der Waals surface area contributed by atoms with E-state index >= 15 is 0 Å². The van der Waals surface area contributed by atoms with Gasteiger partial charge in [0.2, 0.25) is 5.88 Å². The first-order chi connectivity index (χ1) is 11.1. The molecule has 0 aliphatic rings. The summed E-state index contributed by atoms with van der Waals surface area (Å²) in [7, 11) is 0. The van der Waals surface area contributed by atoms with Crippen LogP contribution in [0.25, 0.3) is 10.9 Å². The molecule has 0 saturated carbocycles. The Balaban J connectivity index is 1.72. The zero-order valence-electron chi connectivity index (χ0n) is 12.4. The summed E-state index contributed by atoms with van der Waals surface area (Å²) in [6.45, 7) is 1.82. The minimum Gasteiger partial charge on any atom is -0.467 e. The Morgan fingerprint density at radius 3 is 2.87 bits per heavy atom.